The molecule has 2 amide bonds. The summed E-state index contributed by atoms with van der Waals surface area (Å²) in [6.45, 7) is 2.22. The second kappa shape index (κ2) is 7.72. The quantitative estimate of drug-likeness (QED) is 0.460. The molecule has 0 radical (unpaired) electrons. The lowest BCUT2D eigenvalue weighted by Crippen LogP contribution is -2.48. The normalized spacial score (nSPS) is 26.9. The van der Waals surface area contributed by atoms with E-state index in [1.54, 1.807) is 4.90 Å². The first-order valence-electron chi connectivity index (χ1n) is 7.70. The van der Waals surface area contributed by atoms with Gasteiger partial charge in [0.05, 0.1) is 12.1 Å². The van der Waals surface area contributed by atoms with E-state index in [9.17, 15) is 14.7 Å². The Morgan fingerprint density at radius 1 is 1.29 bits per heavy atom. The average molecular weight is 299 g/mol. The maximum absolute atomic E-state index is 12.3. The number of aliphatic hydroxyl groups is 2. The van der Waals surface area contributed by atoms with Crippen molar-refractivity contribution in [2.24, 2.45) is 5.92 Å². The number of aliphatic hydroxyl groups excluding tert-OH is 2. The SMILES string of the molecule is O=C(NCCCO)C1CCN(C(=O)C2CC(O)CN2)CC1. The van der Waals surface area contributed by atoms with E-state index >= 15 is 0 Å². The van der Waals surface area contributed by atoms with Crippen molar-refractivity contribution in [3.8, 4) is 0 Å². The largest absolute Gasteiger partial charge is 0.396 e. The molecule has 2 heterocycles. The number of nitrogens with zero attached hydrogens (tertiary/aromatic N) is 1. The Bertz CT molecular complexity index is 369. The zero-order valence-electron chi connectivity index (χ0n) is 12.3. The molecule has 2 atom stereocenters. The van der Waals surface area contributed by atoms with Crippen LogP contribution in [-0.2, 0) is 9.59 Å². The van der Waals surface area contributed by atoms with Crippen LogP contribution in [0.5, 0.6) is 0 Å². The van der Waals surface area contributed by atoms with Crippen LogP contribution in [0.4, 0.5) is 0 Å². The van der Waals surface area contributed by atoms with Gasteiger partial charge in [-0.05, 0) is 25.7 Å². The lowest BCUT2D eigenvalue weighted by atomic mass is 9.95. The summed E-state index contributed by atoms with van der Waals surface area (Å²) in [7, 11) is 0. The zero-order valence-corrected chi connectivity index (χ0v) is 12.3. The topological polar surface area (TPSA) is 102 Å². The van der Waals surface area contributed by atoms with E-state index < -0.39 is 6.10 Å². The molecular weight excluding hydrogens is 274 g/mol. The van der Waals surface area contributed by atoms with Gasteiger partial charge in [0.25, 0.3) is 0 Å². The molecule has 0 aromatic rings. The van der Waals surface area contributed by atoms with E-state index in [1.165, 1.54) is 0 Å². The molecule has 2 fully saturated rings. The Labute approximate surface area is 124 Å². The number of amides is 2. The maximum Gasteiger partial charge on any atom is 0.239 e. The van der Waals surface area contributed by atoms with Crippen molar-refractivity contribution in [2.45, 2.75) is 37.8 Å². The van der Waals surface area contributed by atoms with E-state index in [0.717, 1.165) is 0 Å². The van der Waals surface area contributed by atoms with Gasteiger partial charge in [0.15, 0.2) is 0 Å². The summed E-state index contributed by atoms with van der Waals surface area (Å²) in [5.74, 6) is 0.00511. The Morgan fingerprint density at radius 3 is 2.57 bits per heavy atom. The first-order chi connectivity index (χ1) is 10.1. The van der Waals surface area contributed by atoms with Gasteiger partial charge in [0.2, 0.25) is 11.8 Å². The Hall–Kier alpha value is -1.18. The van der Waals surface area contributed by atoms with Gasteiger partial charge in [-0.3, -0.25) is 9.59 Å². The third-order valence-corrected chi connectivity index (χ3v) is 4.22. The molecule has 2 rings (SSSR count). The van der Waals surface area contributed by atoms with Gasteiger partial charge in [-0.1, -0.05) is 0 Å². The van der Waals surface area contributed by atoms with Crippen LogP contribution in [0.3, 0.4) is 0 Å². The Kier molecular flexibility index (Phi) is 5.96. The Morgan fingerprint density at radius 2 is 2.00 bits per heavy atom. The molecule has 7 heteroatoms. The van der Waals surface area contributed by atoms with Crippen molar-refractivity contribution in [1.29, 1.82) is 0 Å². The zero-order chi connectivity index (χ0) is 15.2. The molecule has 0 spiro atoms. The molecule has 7 nitrogen and oxygen atoms in total. The second-order valence-corrected chi connectivity index (χ2v) is 5.82. The highest BCUT2D eigenvalue weighted by molar-refractivity contribution is 5.83. The van der Waals surface area contributed by atoms with Crippen LogP contribution in [0.25, 0.3) is 0 Å². The molecule has 2 aliphatic rings. The number of likely N-dealkylation sites (tertiary alicyclic amines) is 1. The number of rotatable bonds is 5. The smallest absolute Gasteiger partial charge is 0.239 e. The summed E-state index contributed by atoms with van der Waals surface area (Å²) in [5.41, 5.74) is 0. The van der Waals surface area contributed by atoms with Crippen LogP contribution < -0.4 is 10.6 Å². The van der Waals surface area contributed by atoms with Gasteiger partial charge in [0, 0.05) is 38.7 Å². The molecule has 0 saturated carbocycles. The summed E-state index contributed by atoms with van der Waals surface area (Å²) in [6.07, 6.45) is 1.95. The molecule has 0 aromatic heterocycles. The van der Waals surface area contributed by atoms with Crippen LogP contribution in [0.2, 0.25) is 0 Å². The second-order valence-electron chi connectivity index (χ2n) is 5.82. The number of β-amino-alcohol motifs (C(OH)–C–C–N with tert-alkyl or cyclic N) is 1. The summed E-state index contributed by atoms with van der Waals surface area (Å²) in [4.78, 5) is 25.9. The molecule has 2 unspecified atom stereocenters. The van der Waals surface area contributed by atoms with E-state index in [1.807, 2.05) is 0 Å². The molecule has 4 N–H and O–H groups in total. The molecule has 0 aliphatic carbocycles. The standard InChI is InChI=1S/C14H25N3O4/c18-7-1-4-15-13(20)10-2-5-17(6-3-10)14(21)12-8-11(19)9-16-12/h10-12,16,18-19H,1-9H2,(H,15,20). The van der Waals surface area contributed by atoms with E-state index in [4.69, 9.17) is 5.11 Å². The summed E-state index contributed by atoms with van der Waals surface area (Å²) < 4.78 is 0. The van der Waals surface area contributed by atoms with Gasteiger partial charge in [-0.2, -0.15) is 0 Å². The van der Waals surface area contributed by atoms with Crippen LogP contribution >= 0.6 is 0 Å². The van der Waals surface area contributed by atoms with Crippen molar-refractivity contribution in [1.82, 2.24) is 15.5 Å². The molecule has 120 valence electrons. The van der Waals surface area contributed by atoms with Crippen LogP contribution in [-0.4, -0.2) is 71.9 Å². The number of hydrogen-bond donors (Lipinski definition) is 4. The Balaban J connectivity index is 1.72. The summed E-state index contributed by atoms with van der Waals surface area (Å²) in [5, 5.41) is 24.0. The summed E-state index contributed by atoms with van der Waals surface area (Å²) in [6, 6.07) is -0.282. The number of nitrogens with one attached hydrogen (secondary N) is 2. The van der Waals surface area contributed by atoms with Crippen molar-refractivity contribution in [3.05, 3.63) is 0 Å². The van der Waals surface area contributed by atoms with Gasteiger partial charge >= 0.3 is 0 Å². The van der Waals surface area contributed by atoms with Gasteiger partial charge < -0.3 is 25.7 Å². The van der Waals surface area contributed by atoms with Crippen LogP contribution in [0, 0.1) is 5.92 Å². The fraction of sp³-hybridized carbons (Fsp3) is 0.857. The monoisotopic (exact) mass is 299 g/mol. The highest BCUT2D eigenvalue weighted by Gasteiger charge is 2.34. The van der Waals surface area contributed by atoms with Crippen molar-refractivity contribution in [3.63, 3.8) is 0 Å². The predicted molar refractivity (Wildman–Crippen MR) is 76.4 cm³/mol. The number of piperidine rings is 1. The van der Waals surface area contributed by atoms with E-state index in [0.29, 0.717) is 51.9 Å². The molecule has 2 saturated heterocycles. The fourth-order valence-electron chi connectivity index (χ4n) is 2.92. The van der Waals surface area contributed by atoms with Gasteiger partial charge in [0.1, 0.15) is 0 Å². The average Bonchev–Trinajstić information content (AvgIpc) is 2.93. The number of carbonyl (C=O) groups is 2. The molecule has 2 aliphatic heterocycles. The number of hydrogen-bond acceptors (Lipinski definition) is 5. The van der Waals surface area contributed by atoms with E-state index in [2.05, 4.69) is 10.6 Å². The van der Waals surface area contributed by atoms with Crippen molar-refractivity contribution in [2.75, 3.05) is 32.8 Å². The van der Waals surface area contributed by atoms with E-state index in [-0.39, 0.29) is 30.4 Å². The third kappa shape index (κ3) is 4.39. The molecule has 0 bridgehead atoms. The fourth-order valence-corrected chi connectivity index (χ4v) is 2.92. The molecule has 0 aromatic carbocycles. The minimum absolute atomic E-state index is 0.0185. The van der Waals surface area contributed by atoms with Crippen LogP contribution in [0.1, 0.15) is 25.7 Å². The minimum Gasteiger partial charge on any atom is -0.396 e. The molecular formula is C14H25N3O4. The van der Waals surface area contributed by atoms with Crippen LogP contribution in [0.15, 0.2) is 0 Å². The lowest BCUT2D eigenvalue weighted by molar-refractivity contribution is -0.137. The first-order valence-corrected chi connectivity index (χ1v) is 7.70. The van der Waals surface area contributed by atoms with Gasteiger partial charge in [-0.15, -0.1) is 0 Å². The number of carbonyl (C=O) groups excluding carboxylic acids is 2. The first kappa shape index (κ1) is 16.2. The highest BCUT2D eigenvalue weighted by Crippen LogP contribution is 2.19. The van der Waals surface area contributed by atoms with Crippen molar-refractivity contribution >= 4 is 11.8 Å². The lowest BCUT2D eigenvalue weighted by Gasteiger charge is -2.33. The third-order valence-electron chi connectivity index (χ3n) is 4.22. The van der Waals surface area contributed by atoms with Gasteiger partial charge in [-0.25, -0.2) is 0 Å². The predicted octanol–water partition coefficient (Wildman–Crippen LogP) is -1.55. The van der Waals surface area contributed by atoms with Crippen molar-refractivity contribution < 1.29 is 19.8 Å². The maximum atomic E-state index is 12.3. The summed E-state index contributed by atoms with van der Waals surface area (Å²) >= 11 is 0. The highest BCUT2D eigenvalue weighted by atomic mass is 16.3. The molecule has 21 heavy (non-hydrogen) atoms. The minimum atomic E-state index is -0.436.